The zero-order valence-electron chi connectivity index (χ0n) is 16.9. The Morgan fingerprint density at radius 3 is 2.61 bits per heavy atom. The van der Waals surface area contributed by atoms with Gasteiger partial charge in [-0.05, 0) is 50.1 Å². The van der Waals surface area contributed by atoms with E-state index in [9.17, 15) is 13.2 Å². The number of anilines is 1. The third-order valence-corrected chi connectivity index (χ3v) is 7.57. The lowest BCUT2D eigenvalue weighted by molar-refractivity contribution is -0.113. The van der Waals surface area contributed by atoms with Crippen molar-refractivity contribution >= 4 is 33.4 Å². The second-order valence-electron chi connectivity index (χ2n) is 7.22. The molecular formula is C21H22N4O4S2. The topological polar surface area (TPSA) is 105 Å². The van der Waals surface area contributed by atoms with Gasteiger partial charge in [0.05, 0.1) is 10.6 Å². The van der Waals surface area contributed by atoms with E-state index in [4.69, 9.17) is 4.42 Å². The highest BCUT2D eigenvalue weighted by molar-refractivity contribution is 7.99. The molecule has 4 rings (SSSR count). The van der Waals surface area contributed by atoms with Crippen molar-refractivity contribution in [3.05, 3.63) is 54.1 Å². The fourth-order valence-electron chi connectivity index (χ4n) is 3.22. The first kappa shape index (κ1) is 21.5. The van der Waals surface area contributed by atoms with Crippen LogP contribution in [0.25, 0.3) is 11.5 Å². The number of aromatic nitrogens is 2. The van der Waals surface area contributed by atoms with E-state index in [1.54, 1.807) is 18.2 Å². The summed E-state index contributed by atoms with van der Waals surface area (Å²) in [5.41, 5.74) is 2.37. The van der Waals surface area contributed by atoms with Crippen LogP contribution in [0.1, 0.15) is 18.4 Å². The van der Waals surface area contributed by atoms with E-state index in [1.807, 2.05) is 31.2 Å². The number of thioether (sulfide) groups is 1. The molecule has 2 heterocycles. The Labute approximate surface area is 185 Å². The van der Waals surface area contributed by atoms with Gasteiger partial charge in [0, 0.05) is 24.3 Å². The summed E-state index contributed by atoms with van der Waals surface area (Å²) in [5, 5.41) is 11.0. The third-order valence-electron chi connectivity index (χ3n) is 4.85. The summed E-state index contributed by atoms with van der Waals surface area (Å²) in [6.07, 6.45) is 1.74. The fraction of sp³-hybridized carbons (Fsp3) is 0.286. The van der Waals surface area contributed by atoms with E-state index >= 15 is 0 Å². The Balaban J connectivity index is 1.36. The Morgan fingerprint density at radius 1 is 1.13 bits per heavy atom. The molecule has 1 N–H and O–H groups in total. The summed E-state index contributed by atoms with van der Waals surface area (Å²) in [5.74, 6) is 0.150. The summed E-state index contributed by atoms with van der Waals surface area (Å²) in [6, 6.07) is 14.0. The molecule has 0 aliphatic carbocycles. The zero-order valence-corrected chi connectivity index (χ0v) is 18.6. The van der Waals surface area contributed by atoms with Gasteiger partial charge in [0.2, 0.25) is 21.8 Å². The molecular weight excluding hydrogens is 436 g/mol. The highest BCUT2D eigenvalue weighted by Gasteiger charge is 2.27. The average Bonchev–Trinajstić information content (AvgIpc) is 3.46. The van der Waals surface area contributed by atoms with Crippen LogP contribution in [0.15, 0.2) is 63.1 Å². The van der Waals surface area contributed by atoms with Crippen LogP contribution < -0.4 is 5.32 Å². The minimum absolute atomic E-state index is 0.0542. The summed E-state index contributed by atoms with van der Waals surface area (Å²) in [4.78, 5) is 12.5. The summed E-state index contributed by atoms with van der Waals surface area (Å²) in [7, 11) is -3.54. The first-order valence-corrected chi connectivity index (χ1v) is 12.3. The van der Waals surface area contributed by atoms with E-state index < -0.39 is 10.0 Å². The molecule has 1 saturated heterocycles. The number of hydrogen-bond acceptors (Lipinski definition) is 7. The van der Waals surface area contributed by atoms with E-state index in [0.717, 1.165) is 35.7 Å². The van der Waals surface area contributed by atoms with Crippen LogP contribution in [0.4, 0.5) is 5.69 Å². The first-order chi connectivity index (χ1) is 14.9. The van der Waals surface area contributed by atoms with Crippen molar-refractivity contribution in [3.63, 3.8) is 0 Å². The van der Waals surface area contributed by atoms with Gasteiger partial charge in [0.15, 0.2) is 0 Å². The van der Waals surface area contributed by atoms with Gasteiger partial charge in [0.1, 0.15) is 0 Å². The second-order valence-corrected chi connectivity index (χ2v) is 10.1. The van der Waals surface area contributed by atoms with Gasteiger partial charge in [-0.25, -0.2) is 8.42 Å². The predicted octanol–water partition coefficient (Wildman–Crippen LogP) is 3.56. The van der Waals surface area contributed by atoms with Crippen LogP contribution in [0.3, 0.4) is 0 Å². The molecule has 162 valence electrons. The second kappa shape index (κ2) is 9.21. The molecule has 31 heavy (non-hydrogen) atoms. The zero-order chi connectivity index (χ0) is 21.8. The lowest BCUT2D eigenvalue weighted by atomic mass is 10.1. The average molecular weight is 459 g/mol. The van der Waals surface area contributed by atoms with Crippen molar-refractivity contribution in [2.75, 3.05) is 24.2 Å². The third kappa shape index (κ3) is 5.15. The normalized spacial score (nSPS) is 14.6. The molecule has 1 aliphatic heterocycles. The monoisotopic (exact) mass is 458 g/mol. The molecule has 0 saturated carbocycles. The van der Waals surface area contributed by atoms with Gasteiger partial charge >= 0.3 is 0 Å². The lowest BCUT2D eigenvalue weighted by Crippen LogP contribution is -2.28. The fourth-order valence-corrected chi connectivity index (χ4v) is 5.34. The number of carbonyl (C=O) groups excluding carboxylic acids is 1. The number of amides is 1. The quantitative estimate of drug-likeness (QED) is 0.540. The minimum Gasteiger partial charge on any atom is -0.411 e. The molecule has 3 aromatic rings. The van der Waals surface area contributed by atoms with Crippen LogP contribution in [-0.4, -0.2) is 47.7 Å². The lowest BCUT2D eigenvalue weighted by Gasteiger charge is -2.16. The largest absolute Gasteiger partial charge is 0.411 e. The van der Waals surface area contributed by atoms with Gasteiger partial charge in [-0.2, -0.15) is 4.31 Å². The summed E-state index contributed by atoms with van der Waals surface area (Å²) < 4.78 is 32.5. The molecule has 1 amide bonds. The maximum absolute atomic E-state index is 12.7. The maximum atomic E-state index is 12.7. The molecule has 0 radical (unpaired) electrons. The number of carbonyl (C=O) groups is 1. The van der Waals surface area contributed by atoms with Crippen LogP contribution >= 0.6 is 11.8 Å². The summed E-state index contributed by atoms with van der Waals surface area (Å²) in [6.45, 7) is 3.06. The Hall–Kier alpha value is -2.69. The summed E-state index contributed by atoms with van der Waals surface area (Å²) >= 11 is 1.12. The van der Waals surface area contributed by atoms with Crippen molar-refractivity contribution in [1.29, 1.82) is 0 Å². The van der Waals surface area contributed by atoms with Gasteiger partial charge < -0.3 is 9.73 Å². The van der Waals surface area contributed by atoms with Crippen molar-refractivity contribution in [3.8, 4) is 11.5 Å². The van der Waals surface area contributed by atoms with Crippen molar-refractivity contribution < 1.29 is 17.6 Å². The Morgan fingerprint density at radius 2 is 1.87 bits per heavy atom. The van der Waals surface area contributed by atoms with Crippen LogP contribution in [0, 0.1) is 6.92 Å². The number of rotatable bonds is 7. The van der Waals surface area contributed by atoms with Gasteiger partial charge in [-0.3, -0.25) is 4.79 Å². The predicted molar refractivity (Wildman–Crippen MR) is 118 cm³/mol. The highest BCUT2D eigenvalue weighted by atomic mass is 32.2. The van der Waals surface area contributed by atoms with Crippen LogP contribution in [-0.2, 0) is 14.8 Å². The number of hydrogen-bond donors (Lipinski definition) is 1. The van der Waals surface area contributed by atoms with Gasteiger partial charge in [0.25, 0.3) is 5.22 Å². The maximum Gasteiger partial charge on any atom is 0.277 e. The minimum atomic E-state index is -3.54. The smallest absolute Gasteiger partial charge is 0.277 e. The molecule has 0 spiro atoms. The van der Waals surface area contributed by atoms with E-state index in [-0.39, 0.29) is 21.8 Å². The molecule has 0 bridgehead atoms. The van der Waals surface area contributed by atoms with E-state index in [2.05, 4.69) is 15.5 Å². The molecule has 0 unspecified atom stereocenters. The standard InChI is InChI=1S/C21H22N4O4S2/c1-15-7-9-16(10-8-15)20-23-24-21(29-20)30-14-19(26)22-17-5-4-6-18(13-17)31(27,28)25-11-2-3-12-25/h4-10,13H,2-3,11-12,14H2,1H3,(H,22,26). The number of nitrogens with one attached hydrogen (secondary N) is 1. The Kier molecular flexibility index (Phi) is 6.40. The van der Waals surface area contributed by atoms with Gasteiger partial charge in [-0.15, -0.1) is 10.2 Å². The number of nitrogens with zero attached hydrogens (tertiary/aromatic N) is 3. The van der Waals surface area contributed by atoms with E-state index in [0.29, 0.717) is 24.7 Å². The molecule has 2 aromatic carbocycles. The van der Waals surface area contributed by atoms with E-state index in [1.165, 1.54) is 10.4 Å². The molecule has 0 atom stereocenters. The SMILES string of the molecule is Cc1ccc(-c2nnc(SCC(=O)Nc3cccc(S(=O)(=O)N4CCCC4)c3)o2)cc1. The molecule has 8 nitrogen and oxygen atoms in total. The van der Waals surface area contributed by atoms with Crippen LogP contribution in [0.2, 0.25) is 0 Å². The van der Waals surface area contributed by atoms with Gasteiger partial charge in [-0.1, -0.05) is 35.5 Å². The van der Waals surface area contributed by atoms with Crippen molar-refractivity contribution in [2.24, 2.45) is 0 Å². The van der Waals surface area contributed by atoms with Crippen molar-refractivity contribution in [1.82, 2.24) is 14.5 Å². The highest BCUT2D eigenvalue weighted by Crippen LogP contribution is 2.25. The number of aryl methyl sites for hydroxylation is 1. The number of benzene rings is 2. The molecule has 1 aliphatic rings. The van der Waals surface area contributed by atoms with Crippen LogP contribution in [0.5, 0.6) is 0 Å². The first-order valence-electron chi connectivity index (χ1n) is 9.85. The van der Waals surface area contributed by atoms with Crippen molar-refractivity contribution in [2.45, 2.75) is 29.9 Å². The number of sulfonamides is 1. The molecule has 1 aromatic heterocycles. The molecule has 10 heteroatoms. The molecule has 1 fully saturated rings. The Bertz CT molecular complexity index is 1170.